The van der Waals surface area contributed by atoms with Crippen LogP contribution in [-0.4, -0.2) is 5.91 Å². The maximum Gasteiger partial charge on any atom is 0.224 e. The fourth-order valence-corrected chi connectivity index (χ4v) is 1.88. The number of anilines is 2. The van der Waals surface area contributed by atoms with Crippen LogP contribution in [0.4, 0.5) is 11.4 Å². The standard InChI is InChI=1S/C15H18N2O2/c1-10-9-14(11(2)8-13(10)16)17-15(18)6-5-12-4-3-7-19-12/h3-4,7-9H,5-6,16H2,1-2H3,(H,17,18). The number of benzene rings is 1. The van der Waals surface area contributed by atoms with Crippen LogP contribution in [0.3, 0.4) is 0 Å². The Morgan fingerprint density at radius 2 is 2.11 bits per heavy atom. The number of hydrogen-bond acceptors (Lipinski definition) is 3. The molecule has 0 fully saturated rings. The molecule has 1 amide bonds. The molecule has 1 heterocycles. The van der Waals surface area contributed by atoms with Crippen molar-refractivity contribution in [3.63, 3.8) is 0 Å². The second-order valence-corrected chi connectivity index (χ2v) is 4.65. The minimum Gasteiger partial charge on any atom is -0.469 e. The topological polar surface area (TPSA) is 68.3 Å². The Morgan fingerprint density at radius 3 is 2.79 bits per heavy atom. The average molecular weight is 258 g/mol. The van der Waals surface area contributed by atoms with Crippen molar-refractivity contribution in [2.75, 3.05) is 11.1 Å². The second-order valence-electron chi connectivity index (χ2n) is 4.65. The molecule has 100 valence electrons. The van der Waals surface area contributed by atoms with E-state index in [2.05, 4.69) is 5.32 Å². The predicted molar refractivity (Wildman–Crippen MR) is 76.0 cm³/mol. The third kappa shape index (κ3) is 3.37. The summed E-state index contributed by atoms with van der Waals surface area (Å²) >= 11 is 0. The van der Waals surface area contributed by atoms with Gasteiger partial charge in [-0.2, -0.15) is 0 Å². The maximum absolute atomic E-state index is 11.9. The fraction of sp³-hybridized carbons (Fsp3) is 0.267. The Kier molecular flexibility index (Phi) is 3.90. The Labute approximate surface area is 112 Å². The summed E-state index contributed by atoms with van der Waals surface area (Å²) < 4.78 is 5.20. The second kappa shape index (κ2) is 5.61. The Bertz CT molecular complexity index is 574. The SMILES string of the molecule is Cc1cc(NC(=O)CCc2ccco2)c(C)cc1N. The van der Waals surface area contributed by atoms with Gasteiger partial charge in [0.25, 0.3) is 0 Å². The predicted octanol–water partition coefficient (Wildman–Crippen LogP) is 3.05. The lowest BCUT2D eigenvalue weighted by atomic mass is 10.1. The highest BCUT2D eigenvalue weighted by atomic mass is 16.3. The molecule has 2 rings (SSSR count). The lowest BCUT2D eigenvalue weighted by Crippen LogP contribution is -2.13. The average Bonchev–Trinajstić information content (AvgIpc) is 2.86. The van der Waals surface area contributed by atoms with E-state index in [1.165, 1.54) is 0 Å². The Balaban J connectivity index is 1.97. The lowest BCUT2D eigenvalue weighted by molar-refractivity contribution is -0.116. The van der Waals surface area contributed by atoms with Crippen molar-refractivity contribution in [2.45, 2.75) is 26.7 Å². The molecule has 0 aliphatic rings. The molecule has 1 aromatic carbocycles. The molecular weight excluding hydrogens is 240 g/mol. The number of furan rings is 1. The molecule has 4 nitrogen and oxygen atoms in total. The molecule has 4 heteroatoms. The normalized spacial score (nSPS) is 10.4. The zero-order valence-electron chi connectivity index (χ0n) is 11.2. The van der Waals surface area contributed by atoms with Crippen molar-refractivity contribution in [3.05, 3.63) is 47.4 Å². The molecule has 2 aromatic rings. The van der Waals surface area contributed by atoms with Crippen LogP contribution in [0, 0.1) is 13.8 Å². The molecule has 0 radical (unpaired) electrons. The van der Waals surface area contributed by atoms with Crippen LogP contribution in [-0.2, 0) is 11.2 Å². The van der Waals surface area contributed by atoms with Gasteiger partial charge in [0.1, 0.15) is 5.76 Å². The molecule has 19 heavy (non-hydrogen) atoms. The molecular formula is C15H18N2O2. The van der Waals surface area contributed by atoms with Crippen LogP contribution in [0.15, 0.2) is 34.9 Å². The van der Waals surface area contributed by atoms with Gasteiger partial charge in [-0.25, -0.2) is 0 Å². The first-order valence-corrected chi connectivity index (χ1v) is 6.25. The molecule has 0 bridgehead atoms. The summed E-state index contributed by atoms with van der Waals surface area (Å²) in [5.74, 6) is 0.795. The molecule has 0 aliphatic heterocycles. The van der Waals surface area contributed by atoms with Crippen molar-refractivity contribution in [1.82, 2.24) is 0 Å². The number of hydrogen-bond donors (Lipinski definition) is 2. The van der Waals surface area contributed by atoms with Gasteiger partial charge in [-0.05, 0) is 49.2 Å². The van der Waals surface area contributed by atoms with E-state index >= 15 is 0 Å². The molecule has 1 aromatic heterocycles. The van der Waals surface area contributed by atoms with Gasteiger partial charge < -0.3 is 15.5 Å². The molecule has 0 spiro atoms. The number of rotatable bonds is 4. The summed E-state index contributed by atoms with van der Waals surface area (Å²) in [7, 11) is 0. The molecule has 0 saturated heterocycles. The van der Waals surface area contributed by atoms with Crippen LogP contribution in [0.2, 0.25) is 0 Å². The minimum atomic E-state index is -0.0244. The van der Waals surface area contributed by atoms with E-state index in [4.69, 9.17) is 10.2 Å². The van der Waals surface area contributed by atoms with Gasteiger partial charge in [0.2, 0.25) is 5.91 Å². The molecule has 0 unspecified atom stereocenters. The fourth-order valence-electron chi connectivity index (χ4n) is 1.88. The molecule has 3 N–H and O–H groups in total. The van der Waals surface area contributed by atoms with E-state index in [9.17, 15) is 4.79 Å². The van der Waals surface area contributed by atoms with E-state index in [0.29, 0.717) is 12.8 Å². The van der Waals surface area contributed by atoms with Gasteiger partial charge >= 0.3 is 0 Å². The van der Waals surface area contributed by atoms with E-state index < -0.39 is 0 Å². The summed E-state index contributed by atoms with van der Waals surface area (Å²) in [6.07, 6.45) is 2.61. The van der Waals surface area contributed by atoms with Crippen LogP contribution in [0.1, 0.15) is 23.3 Å². The number of carbonyl (C=O) groups is 1. The summed E-state index contributed by atoms with van der Waals surface area (Å²) in [5.41, 5.74) is 9.31. The highest BCUT2D eigenvalue weighted by Gasteiger charge is 2.08. The number of nitrogens with two attached hydrogens (primary N) is 1. The van der Waals surface area contributed by atoms with Gasteiger partial charge in [0.15, 0.2) is 0 Å². The number of carbonyl (C=O) groups excluding carboxylic acids is 1. The van der Waals surface area contributed by atoms with E-state index in [1.54, 1.807) is 6.26 Å². The van der Waals surface area contributed by atoms with Gasteiger partial charge in [-0.15, -0.1) is 0 Å². The molecule has 0 atom stereocenters. The summed E-state index contributed by atoms with van der Waals surface area (Å²) in [4.78, 5) is 11.9. The zero-order chi connectivity index (χ0) is 13.8. The monoisotopic (exact) mass is 258 g/mol. The summed E-state index contributed by atoms with van der Waals surface area (Å²) in [6, 6.07) is 7.46. The van der Waals surface area contributed by atoms with E-state index in [1.807, 2.05) is 38.1 Å². The quantitative estimate of drug-likeness (QED) is 0.828. The van der Waals surface area contributed by atoms with Crippen molar-refractivity contribution < 1.29 is 9.21 Å². The molecule has 0 saturated carbocycles. The Hall–Kier alpha value is -2.23. The largest absolute Gasteiger partial charge is 0.469 e. The number of aryl methyl sites for hydroxylation is 3. The van der Waals surface area contributed by atoms with Gasteiger partial charge in [-0.1, -0.05) is 0 Å². The number of amides is 1. The third-order valence-electron chi connectivity index (χ3n) is 3.07. The number of nitrogens with one attached hydrogen (secondary N) is 1. The number of nitrogen functional groups attached to an aromatic ring is 1. The van der Waals surface area contributed by atoms with Gasteiger partial charge in [0, 0.05) is 24.2 Å². The summed E-state index contributed by atoms with van der Waals surface area (Å²) in [5, 5.41) is 2.90. The first-order chi connectivity index (χ1) is 9.06. The van der Waals surface area contributed by atoms with Crippen molar-refractivity contribution in [3.8, 4) is 0 Å². The van der Waals surface area contributed by atoms with Crippen LogP contribution in [0.5, 0.6) is 0 Å². The Morgan fingerprint density at radius 1 is 1.32 bits per heavy atom. The van der Waals surface area contributed by atoms with Crippen LogP contribution >= 0.6 is 0 Å². The minimum absolute atomic E-state index is 0.0244. The highest BCUT2D eigenvalue weighted by Crippen LogP contribution is 2.22. The first kappa shape index (κ1) is 13.2. The van der Waals surface area contributed by atoms with E-state index in [-0.39, 0.29) is 5.91 Å². The summed E-state index contributed by atoms with van der Waals surface area (Å²) in [6.45, 7) is 3.85. The van der Waals surface area contributed by atoms with Crippen molar-refractivity contribution in [1.29, 1.82) is 0 Å². The highest BCUT2D eigenvalue weighted by molar-refractivity contribution is 5.92. The van der Waals surface area contributed by atoms with Crippen LogP contribution in [0.25, 0.3) is 0 Å². The zero-order valence-corrected chi connectivity index (χ0v) is 11.2. The van der Waals surface area contributed by atoms with Gasteiger partial charge in [-0.3, -0.25) is 4.79 Å². The van der Waals surface area contributed by atoms with E-state index in [0.717, 1.165) is 28.3 Å². The van der Waals surface area contributed by atoms with Crippen molar-refractivity contribution in [2.24, 2.45) is 0 Å². The van der Waals surface area contributed by atoms with Gasteiger partial charge in [0.05, 0.1) is 6.26 Å². The first-order valence-electron chi connectivity index (χ1n) is 6.25. The van der Waals surface area contributed by atoms with Crippen molar-refractivity contribution >= 4 is 17.3 Å². The smallest absolute Gasteiger partial charge is 0.224 e. The van der Waals surface area contributed by atoms with Crippen LogP contribution < -0.4 is 11.1 Å². The third-order valence-corrected chi connectivity index (χ3v) is 3.07. The molecule has 0 aliphatic carbocycles. The maximum atomic E-state index is 11.9. The lowest BCUT2D eigenvalue weighted by Gasteiger charge is -2.11.